The Morgan fingerprint density at radius 2 is 1.16 bits per heavy atom. The fourth-order valence-corrected chi connectivity index (χ4v) is 3.69. The summed E-state index contributed by atoms with van der Waals surface area (Å²) >= 11 is 0. The van der Waals surface area contributed by atoms with Gasteiger partial charge in [-0.1, -0.05) is 48.5 Å². The summed E-state index contributed by atoms with van der Waals surface area (Å²) in [6, 6.07) is 33.3. The Balaban J connectivity index is 1.70. The molecule has 0 saturated heterocycles. The highest BCUT2D eigenvalue weighted by Gasteiger charge is 2.26. The topological polar surface area (TPSA) is 70.5 Å². The summed E-state index contributed by atoms with van der Waals surface area (Å²) in [5.41, 5.74) is 15.3. The molecule has 0 spiro atoms. The fourth-order valence-electron chi connectivity index (χ4n) is 3.69. The van der Waals surface area contributed by atoms with E-state index in [4.69, 9.17) is 20.9 Å². The van der Waals surface area contributed by atoms with Crippen molar-refractivity contribution < 1.29 is 9.47 Å². The Labute approximate surface area is 183 Å². The van der Waals surface area contributed by atoms with E-state index in [2.05, 4.69) is 25.1 Å². The van der Waals surface area contributed by atoms with Crippen LogP contribution in [0.1, 0.15) is 24.0 Å². The third kappa shape index (κ3) is 4.98. The number of nitrogens with two attached hydrogens (primary N) is 2. The molecule has 2 atom stereocenters. The molecule has 0 saturated carbocycles. The third-order valence-corrected chi connectivity index (χ3v) is 5.19. The summed E-state index contributed by atoms with van der Waals surface area (Å²) in [6.07, 6.45) is -0.151. The number of rotatable bonds is 7. The van der Waals surface area contributed by atoms with Gasteiger partial charge in [0.1, 0.15) is 23.4 Å². The van der Waals surface area contributed by atoms with Crippen LogP contribution in [0.3, 0.4) is 0 Å². The molecule has 0 aliphatic rings. The second-order valence-corrected chi connectivity index (χ2v) is 7.49. The molecule has 31 heavy (non-hydrogen) atoms. The second-order valence-electron chi connectivity index (χ2n) is 7.49. The number of hydrogen-bond donors (Lipinski definition) is 2. The Morgan fingerprint density at radius 3 is 1.81 bits per heavy atom. The van der Waals surface area contributed by atoms with Gasteiger partial charge in [0.05, 0.1) is 0 Å². The minimum Gasteiger partial charge on any atom is -0.490 e. The molecular formula is C27H26N2O2. The molecule has 0 fully saturated rings. The first-order valence-corrected chi connectivity index (χ1v) is 10.3. The molecule has 0 aliphatic heterocycles. The van der Waals surface area contributed by atoms with Crippen LogP contribution in [0, 0.1) is 0 Å². The molecule has 2 unspecified atom stereocenters. The zero-order valence-electron chi connectivity index (χ0n) is 17.4. The molecule has 0 bridgehead atoms. The van der Waals surface area contributed by atoms with Crippen molar-refractivity contribution in [3.05, 3.63) is 114 Å². The molecule has 4 aromatic carbocycles. The summed E-state index contributed by atoms with van der Waals surface area (Å²) in [7, 11) is 0. The van der Waals surface area contributed by atoms with Crippen LogP contribution in [0.4, 0.5) is 11.4 Å². The summed E-state index contributed by atoms with van der Waals surface area (Å²) in [4.78, 5) is 0. The van der Waals surface area contributed by atoms with E-state index < -0.39 is 0 Å². The van der Waals surface area contributed by atoms with Crippen molar-refractivity contribution in [1.29, 1.82) is 0 Å². The van der Waals surface area contributed by atoms with Gasteiger partial charge in [0.2, 0.25) is 0 Å². The van der Waals surface area contributed by atoms with Crippen LogP contribution in [0.5, 0.6) is 17.2 Å². The van der Waals surface area contributed by atoms with Crippen molar-refractivity contribution in [1.82, 2.24) is 0 Å². The minimum absolute atomic E-state index is 0.0382. The molecule has 0 amide bonds. The lowest BCUT2D eigenvalue weighted by Gasteiger charge is -2.27. The van der Waals surface area contributed by atoms with Gasteiger partial charge in [-0.2, -0.15) is 0 Å². The molecule has 0 radical (unpaired) electrons. The van der Waals surface area contributed by atoms with E-state index in [0.29, 0.717) is 11.4 Å². The highest BCUT2D eigenvalue weighted by molar-refractivity contribution is 5.48. The number of benzene rings is 4. The number of hydrogen-bond acceptors (Lipinski definition) is 4. The number of nitrogen functional groups attached to an aromatic ring is 2. The van der Waals surface area contributed by atoms with Crippen LogP contribution in [0.2, 0.25) is 0 Å². The normalized spacial score (nSPS) is 12.7. The van der Waals surface area contributed by atoms with E-state index >= 15 is 0 Å². The van der Waals surface area contributed by atoms with Crippen molar-refractivity contribution in [2.45, 2.75) is 18.9 Å². The first-order chi connectivity index (χ1) is 15.1. The molecule has 0 aromatic heterocycles. The van der Waals surface area contributed by atoms with Crippen molar-refractivity contribution in [2.24, 2.45) is 0 Å². The van der Waals surface area contributed by atoms with Crippen LogP contribution in [0.15, 0.2) is 103 Å². The van der Waals surface area contributed by atoms with Gasteiger partial charge in [0, 0.05) is 22.9 Å². The monoisotopic (exact) mass is 410 g/mol. The van der Waals surface area contributed by atoms with Crippen molar-refractivity contribution in [2.75, 3.05) is 11.5 Å². The second kappa shape index (κ2) is 9.26. The zero-order chi connectivity index (χ0) is 21.6. The van der Waals surface area contributed by atoms with Crippen LogP contribution >= 0.6 is 0 Å². The third-order valence-electron chi connectivity index (χ3n) is 5.19. The largest absolute Gasteiger partial charge is 0.490 e. The lowest BCUT2D eigenvalue weighted by Crippen LogP contribution is -2.23. The van der Waals surface area contributed by atoms with Gasteiger partial charge in [0.15, 0.2) is 0 Å². The molecule has 4 N–H and O–H groups in total. The first kappa shape index (κ1) is 20.4. The maximum atomic E-state index is 6.33. The highest BCUT2D eigenvalue weighted by atomic mass is 16.5. The Bertz CT molecular complexity index is 1110. The molecule has 0 aliphatic carbocycles. The van der Waals surface area contributed by atoms with E-state index in [9.17, 15) is 0 Å². The Kier molecular flexibility index (Phi) is 6.08. The van der Waals surface area contributed by atoms with Crippen LogP contribution in [-0.4, -0.2) is 6.10 Å². The van der Waals surface area contributed by atoms with E-state index in [1.165, 1.54) is 0 Å². The number of para-hydroxylation sites is 1. The predicted molar refractivity (Wildman–Crippen MR) is 127 cm³/mol. The van der Waals surface area contributed by atoms with Gasteiger partial charge >= 0.3 is 0 Å². The SMILES string of the molecule is CC(Oc1ccc(N)cc1)C(c1ccccc1)c1ccccc1Oc1ccc(N)cc1. The van der Waals surface area contributed by atoms with Gasteiger partial charge in [-0.25, -0.2) is 0 Å². The molecular weight excluding hydrogens is 384 g/mol. The van der Waals surface area contributed by atoms with Gasteiger partial charge in [-0.15, -0.1) is 0 Å². The standard InChI is InChI=1S/C27H26N2O2/c1-19(30-23-15-11-21(28)12-16-23)27(20-7-3-2-4-8-20)25-9-5-6-10-26(25)31-24-17-13-22(29)14-18-24/h2-19,27H,28-29H2,1H3. The molecule has 4 rings (SSSR count). The smallest absolute Gasteiger partial charge is 0.131 e. The average molecular weight is 411 g/mol. The van der Waals surface area contributed by atoms with E-state index in [1.807, 2.05) is 84.9 Å². The lowest BCUT2D eigenvalue weighted by molar-refractivity contribution is 0.201. The van der Waals surface area contributed by atoms with Crippen molar-refractivity contribution in [3.8, 4) is 17.2 Å². The quantitative estimate of drug-likeness (QED) is 0.354. The summed E-state index contributed by atoms with van der Waals surface area (Å²) < 4.78 is 12.6. The summed E-state index contributed by atoms with van der Waals surface area (Å²) in [6.45, 7) is 2.08. The van der Waals surface area contributed by atoms with Crippen LogP contribution < -0.4 is 20.9 Å². The molecule has 4 heteroatoms. The maximum Gasteiger partial charge on any atom is 0.131 e. The summed E-state index contributed by atoms with van der Waals surface area (Å²) in [5.74, 6) is 2.26. The minimum atomic E-state index is -0.151. The summed E-state index contributed by atoms with van der Waals surface area (Å²) in [5, 5.41) is 0. The highest BCUT2D eigenvalue weighted by Crippen LogP contribution is 2.38. The van der Waals surface area contributed by atoms with E-state index in [-0.39, 0.29) is 12.0 Å². The fraction of sp³-hybridized carbons (Fsp3) is 0.111. The van der Waals surface area contributed by atoms with Gasteiger partial charge in [-0.3, -0.25) is 0 Å². The first-order valence-electron chi connectivity index (χ1n) is 10.3. The van der Waals surface area contributed by atoms with Crippen LogP contribution in [0.25, 0.3) is 0 Å². The number of ether oxygens (including phenoxy) is 2. The Morgan fingerprint density at radius 1 is 0.613 bits per heavy atom. The van der Waals surface area contributed by atoms with Crippen molar-refractivity contribution in [3.63, 3.8) is 0 Å². The Hall–Kier alpha value is -3.92. The predicted octanol–water partition coefficient (Wildman–Crippen LogP) is 6.24. The van der Waals surface area contributed by atoms with Gasteiger partial charge in [-0.05, 0) is 67.1 Å². The number of anilines is 2. The van der Waals surface area contributed by atoms with Gasteiger partial charge < -0.3 is 20.9 Å². The molecule has 0 heterocycles. The lowest BCUT2D eigenvalue weighted by atomic mass is 9.86. The average Bonchev–Trinajstić information content (AvgIpc) is 2.79. The van der Waals surface area contributed by atoms with Crippen molar-refractivity contribution >= 4 is 11.4 Å². The maximum absolute atomic E-state index is 6.33. The molecule has 4 aromatic rings. The van der Waals surface area contributed by atoms with Crippen LogP contribution in [-0.2, 0) is 0 Å². The molecule has 4 nitrogen and oxygen atoms in total. The van der Waals surface area contributed by atoms with Gasteiger partial charge in [0.25, 0.3) is 0 Å². The zero-order valence-corrected chi connectivity index (χ0v) is 17.4. The molecule has 156 valence electrons. The van der Waals surface area contributed by atoms with E-state index in [0.717, 1.165) is 28.4 Å². The van der Waals surface area contributed by atoms with E-state index in [1.54, 1.807) is 0 Å².